The summed E-state index contributed by atoms with van der Waals surface area (Å²) in [5, 5.41) is 12.9. The van der Waals surface area contributed by atoms with Gasteiger partial charge in [0.25, 0.3) is 0 Å². The van der Waals surface area contributed by atoms with Gasteiger partial charge in [-0.3, -0.25) is 0 Å². The Labute approximate surface area is 113 Å². The van der Waals surface area contributed by atoms with Crippen LogP contribution < -0.4 is 5.32 Å². The molecule has 0 radical (unpaired) electrons. The van der Waals surface area contributed by atoms with Crippen LogP contribution in [0.5, 0.6) is 0 Å². The standard InChI is InChI=1S/C15H18FN3/c1-19-13-5-6-14(19)9-15(8-13,10-17)18-12-4-2-3-11(16)7-12/h2-4,7,13-14,18H,5-6,8-9H2,1H3. The minimum atomic E-state index is -0.549. The summed E-state index contributed by atoms with van der Waals surface area (Å²) < 4.78 is 13.2. The van der Waals surface area contributed by atoms with Gasteiger partial charge in [0.1, 0.15) is 11.4 Å². The normalized spacial score (nSPS) is 33.9. The zero-order valence-electron chi connectivity index (χ0n) is 11.1. The summed E-state index contributed by atoms with van der Waals surface area (Å²) in [5.74, 6) is -0.269. The molecule has 2 atom stereocenters. The van der Waals surface area contributed by atoms with E-state index < -0.39 is 5.54 Å². The molecule has 3 rings (SSSR count). The summed E-state index contributed by atoms with van der Waals surface area (Å²) in [6.07, 6.45) is 3.95. The van der Waals surface area contributed by atoms with Gasteiger partial charge in [0.05, 0.1) is 6.07 Å². The number of nitriles is 1. The first-order chi connectivity index (χ1) is 9.12. The van der Waals surface area contributed by atoms with Crippen molar-refractivity contribution in [3.8, 4) is 6.07 Å². The molecule has 3 nitrogen and oxygen atoms in total. The minimum absolute atomic E-state index is 0.269. The number of nitrogens with one attached hydrogen (secondary N) is 1. The van der Waals surface area contributed by atoms with E-state index in [1.807, 2.05) is 6.07 Å². The Balaban J connectivity index is 1.84. The van der Waals surface area contributed by atoms with Crippen LogP contribution in [0, 0.1) is 17.1 Å². The zero-order valence-corrected chi connectivity index (χ0v) is 11.1. The second kappa shape index (κ2) is 4.50. The summed E-state index contributed by atoms with van der Waals surface area (Å²) in [7, 11) is 2.14. The van der Waals surface area contributed by atoms with Crippen molar-refractivity contribution in [2.24, 2.45) is 0 Å². The van der Waals surface area contributed by atoms with Gasteiger partial charge in [-0.1, -0.05) is 6.07 Å². The van der Waals surface area contributed by atoms with Gasteiger partial charge in [0.15, 0.2) is 0 Å². The van der Waals surface area contributed by atoms with Crippen molar-refractivity contribution in [1.82, 2.24) is 4.90 Å². The second-order valence-corrected chi connectivity index (χ2v) is 5.79. The van der Waals surface area contributed by atoms with Gasteiger partial charge in [0, 0.05) is 17.8 Å². The van der Waals surface area contributed by atoms with Gasteiger partial charge in [-0.2, -0.15) is 5.26 Å². The molecule has 0 aromatic heterocycles. The van der Waals surface area contributed by atoms with Crippen LogP contribution in [0.15, 0.2) is 24.3 Å². The molecule has 2 saturated heterocycles. The highest BCUT2D eigenvalue weighted by Gasteiger charge is 2.47. The SMILES string of the molecule is CN1C2CCC1CC(C#N)(Nc1cccc(F)c1)C2. The monoisotopic (exact) mass is 259 g/mol. The lowest BCUT2D eigenvalue weighted by Gasteiger charge is -2.42. The number of rotatable bonds is 2. The van der Waals surface area contributed by atoms with Crippen LogP contribution in [0.2, 0.25) is 0 Å². The van der Waals surface area contributed by atoms with E-state index in [0.29, 0.717) is 17.8 Å². The number of fused-ring (bicyclic) bond motifs is 2. The van der Waals surface area contributed by atoms with Crippen molar-refractivity contribution in [1.29, 1.82) is 5.26 Å². The molecule has 4 heteroatoms. The summed E-state index contributed by atoms with van der Waals surface area (Å²) in [5.41, 5.74) is 0.150. The predicted molar refractivity (Wildman–Crippen MR) is 72.2 cm³/mol. The Morgan fingerprint density at radius 3 is 2.63 bits per heavy atom. The van der Waals surface area contributed by atoms with Crippen molar-refractivity contribution in [2.45, 2.75) is 43.3 Å². The fraction of sp³-hybridized carbons (Fsp3) is 0.533. The highest BCUT2D eigenvalue weighted by molar-refractivity contribution is 5.48. The summed E-state index contributed by atoms with van der Waals surface area (Å²) in [6, 6.07) is 9.76. The van der Waals surface area contributed by atoms with Crippen LogP contribution in [0.1, 0.15) is 25.7 Å². The average Bonchev–Trinajstić information content (AvgIpc) is 2.63. The van der Waals surface area contributed by atoms with E-state index in [4.69, 9.17) is 0 Å². The molecule has 2 bridgehead atoms. The molecule has 0 amide bonds. The number of halogens is 1. The van der Waals surface area contributed by atoms with Gasteiger partial charge in [-0.05, 0) is 50.9 Å². The van der Waals surface area contributed by atoms with E-state index in [9.17, 15) is 9.65 Å². The Hall–Kier alpha value is -1.60. The van der Waals surface area contributed by atoms with Crippen LogP contribution in [-0.4, -0.2) is 29.6 Å². The first kappa shape index (κ1) is 12.4. The predicted octanol–water partition coefficient (Wildman–Crippen LogP) is 2.76. The van der Waals surface area contributed by atoms with Gasteiger partial charge in [0.2, 0.25) is 0 Å². The maximum Gasteiger partial charge on any atom is 0.128 e. The Morgan fingerprint density at radius 1 is 1.37 bits per heavy atom. The lowest BCUT2D eigenvalue weighted by molar-refractivity contribution is 0.146. The second-order valence-electron chi connectivity index (χ2n) is 5.79. The van der Waals surface area contributed by atoms with Crippen molar-refractivity contribution < 1.29 is 4.39 Å². The molecule has 0 spiro atoms. The van der Waals surface area contributed by atoms with Crippen LogP contribution in [0.3, 0.4) is 0 Å². The molecule has 2 heterocycles. The number of hydrogen-bond acceptors (Lipinski definition) is 3. The van der Waals surface area contributed by atoms with E-state index in [-0.39, 0.29) is 5.82 Å². The van der Waals surface area contributed by atoms with Crippen LogP contribution in [0.4, 0.5) is 10.1 Å². The fourth-order valence-electron chi connectivity index (χ4n) is 3.53. The number of benzene rings is 1. The quantitative estimate of drug-likeness (QED) is 0.887. The summed E-state index contributed by atoms with van der Waals surface area (Å²) >= 11 is 0. The first-order valence-electron chi connectivity index (χ1n) is 6.79. The Bertz CT molecular complexity index is 508. The molecular formula is C15H18FN3. The van der Waals surface area contributed by atoms with Crippen LogP contribution in [-0.2, 0) is 0 Å². The molecule has 1 aromatic carbocycles. The third-order valence-corrected chi connectivity index (χ3v) is 4.58. The van der Waals surface area contributed by atoms with Crippen LogP contribution in [0.25, 0.3) is 0 Å². The molecule has 1 aromatic rings. The van der Waals surface area contributed by atoms with E-state index in [0.717, 1.165) is 25.7 Å². The topological polar surface area (TPSA) is 39.1 Å². The van der Waals surface area contributed by atoms with E-state index in [2.05, 4.69) is 23.3 Å². The number of piperidine rings is 1. The third-order valence-electron chi connectivity index (χ3n) is 4.58. The molecule has 0 aliphatic carbocycles. The molecule has 100 valence electrons. The van der Waals surface area contributed by atoms with Crippen molar-refractivity contribution in [2.75, 3.05) is 12.4 Å². The average molecular weight is 259 g/mol. The smallest absolute Gasteiger partial charge is 0.128 e. The summed E-state index contributed by atoms with van der Waals surface area (Å²) in [4.78, 5) is 2.39. The zero-order chi connectivity index (χ0) is 13.5. The number of nitrogens with zero attached hydrogens (tertiary/aromatic N) is 2. The van der Waals surface area contributed by atoms with Gasteiger partial charge in [-0.25, -0.2) is 4.39 Å². The first-order valence-corrected chi connectivity index (χ1v) is 6.79. The lowest BCUT2D eigenvalue weighted by atomic mass is 9.84. The molecule has 2 unspecified atom stereocenters. The lowest BCUT2D eigenvalue weighted by Crippen LogP contribution is -2.52. The van der Waals surface area contributed by atoms with E-state index >= 15 is 0 Å². The van der Waals surface area contributed by atoms with E-state index in [1.54, 1.807) is 6.07 Å². The highest BCUT2D eigenvalue weighted by Crippen LogP contribution is 2.41. The van der Waals surface area contributed by atoms with Gasteiger partial charge >= 0.3 is 0 Å². The summed E-state index contributed by atoms with van der Waals surface area (Å²) in [6.45, 7) is 0. The molecule has 0 saturated carbocycles. The van der Waals surface area contributed by atoms with Gasteiger partial charge < -0.3 is 10.2 Å². The van der Waals surface area contributed by atoms with Crippen LogP contribution >= 0.6 is 0 Å². The molecule has 2 fully saturated rings. The maximum atomic E-state index is 13.2. The minimum Gasteiger partial charge on any atom is -0.367 e. The highest BCUT2D eigenvalue weighted by atomic mass is 19.1. The molecular weight excluding hydrogens is 241 g/mol. The van der Waals surface area contributed by atoms with Crippen molar-refractivity contribution in [3.05, 3.63) is 30.1 Å². The molecule has 1 N–H and O–H groups in total. The Kier molecular flexibility index (Phi) is 2.94. The third kappa shape index (κ3) is 2.19. The molecule has 19 heavy (non-hydrogen) atoms. The number of anilines is 1. The van der Waals surface area contributed by atoms with E-state index in [1.165, 1.54) is 12.1 Å². The molecule has 2 aliphatic rings. The number of hydrogen-bond donors (Lipinski definition) is 1. The maximum absolute atomic E-state index is 13.2. The Morgan fingerprint density at radius 2 is 2.05 bits per heavy atom. The van der Waals surface area contributed by atoms with Gasteiger partial charge in [-0.15, -0.1) is 0 Å². The molecule has 2 aliphatic heterocycles. The fourth-order valence-corrected chi connectivity index (χ4v) is 3.53. The van der Waals surface area contributed by atoms with Crippen molar-refractivity contribution >= 4 is 5.69 Å². The van der Waals surface area contributed by atoms with Crippen molar-refractivity contribution in [3.63, 3.8) is 0 Å². The largest absolute Gasteiger partial charge is 0.367 e.